The average molecular weight is 372 g/mol. The quantitative estimate of drug-likeness (QED) is 0.778. The Kier molecular flexibility index (Phi) is 5.70. The number of hydrogen-bond acceptors (Lipinski definition) is 5. The van der Waals surface area contributed by atoms with Gasteiger partial charge in [0, 0.05) is 11.9 Å². The van der Waals surface area contributed by atoms with Crippen LogP contribution in [0.3, 0.4) is 0 Å². The van der Waals surface area contributed by atoms with Crippen molar-refractivity contribution < 1.29 is 22.7 Å². The Hall–Kier alpha value is -1.81. The van der Waals surface area contributed by atoms with Crippen molar-refractivity contribution in [2.75, 3.05) is 20.6 Å². The number of aromatic carboxylic acids is 1. The van der Waals surface area contributed by atoms with E-state index in [0.717, 1.165) is 17.4 Å². The van der Waals surface area contributed by atoms with Crippen LogP contribution >= 0.6 is 11.3 Å². The molecule has 1 heterocycles. The second kappa shape index (κ2) is 7.39. The van der Waals surface area contributed by atoms with Crippen LogP contribution in [0.15, 0.2) is 39.9 Å². The zero-order valence-electron chi connectivity index (χ0n) is 13.1. The summed E-state index contributed by atoms with van der Waals surface area (Å²) in [7, 11) is -0.311. The summed E-state index contributed by atoms with van der Waals surface area (Å²) in [5, 5.41) is 10.2. The minimum atomic E-state index is -3.89. The van der Waals surface area contributed by atoms with E-state index >= 15 is 0 Å². The van der Waals surface area contributed by atoms with Gasteiger partial charge in [-0.2, -0.15) is 0 Å². The Balaban J connectivity index is 2.29. The fraction of sp³-hybridized carbons (Fsp3) is 0.267. The zero-order chi connectivity index (χ0) is 17.9. The van der Waals surface area contributed by atoms with E-state index < -0.39 is 27.9 Å². The number of hydrogen-bond donors (Lipinski definition) is 2. The van der Waals surface area contributed by atoms with Crippen molar-refractivity contribution in [3.05, 3.63) is 52.7 Å². The summed E-state index contributed by atoms with van der Waals surface area (Å²) in [5.41, 5.74) is 0.537. The molecule has 0 spiro atoms. The van der Waals surface area contributed by atoms with Crippen LogP contribution in [-0.4, -0.2) is 45.0 Å². The van der Waals surface area contributed by atoms with Crippen molar-refractivity contribution in [1.82, 2.24) is 9.62 Å². The van der Waals surface area contributed by atoms with Gasteiger partial charge in [0.15, 0.2) is 0 Å². The number of likely N-dealkylation sites (N-methyl/N-ethyl adjacent to an activating group) is 1. The highest BCUT2D eigenvalue weighted by atomic mass is 32.2. The SMILES string of the molecule is CN(C)CC(NS(=O)(=O)c1cc(C(=O)O)cs1)c1ccc(F)cc1. The molecule has 2 rings (SSSR count). The lowest BCUT2D eigenvalue weighted by molar-refractivity contribution is 0.0697. The Morgan fingerprint density at radius 1 is 1.33 bits per heavy atom. The molecular weight excluding hydrogens is 355 g/mol. The summed E-state index contributed by atoms with van der Waals surface area (Å²) >= 11 is 0.838. The molecule has 2 aromatic rings. The van der Waals surface area contributed by atoms with Crippen LogP contribution in [0, 0.1) is 5.82 Å². The predicted octanol–water partition coefficient (Wildman–Crippen LogP) is 2.17. The summed E-state index contributed by atoms with van der Waals surface area (Å²) in [6.45, 7) is 0.363. The molecule has 0 saturated carbocycles. The van der Waals surface area contributed by atoms with Gasteiger partial charge in [0.05, 0.1) is 11.6 Å². The first-order chi connectivity index (χ1) is 11.2. The number of halogens is 1. The third kappa shape index (κ3) is 4.60. The van der Waals surface area contributed by atoms with E-state index in [4.69, 9.17) is 5.11 Å². The molecule has 0 aliphatic heterocycles. The van der Waals surface area contributed by atoms with Gasteiger partial charge in [-0.1, -0.05) is 12.1 Å². The minimum Gasteiger partial charge on any atom is -0.478 e. The van der Waals surface area contributed by atoms with Gasteiger partial charge in [0.2, 0.25) is 0 Å². The molecule has 2 N–H and O–H groups in total. The van der Waals surface area contributed by atoms with Crippen molar-refractivity contribution >= 4 is 27.3 Å². The van der Waals surface area contributed by atoms with Crippen LogP contribution in [0.2, 0.25) is 0 Å². The molecule has 1 aromatic heterocycles. The summed E-state index contributed by atoms with van der Waals surface area (Å²) in [5.74, 6) is -1.59. The highest BCUT2D eigenvalue weighted by molar-refractivity contribution is 7.91. The lowest BCUT2D eigenvalue weighted by atomic mass is 10.1. The number of sulfonamides is 1. The number of benzene rings is 1. The molecule has 0 saturated heterocycles. The number of carboxylic acids is 1. The summed E-state index contributed by atoms with van der Waals surface area (Å²) in [6, 6.07) is 6.08. The van der Waals surface area contributed by atoms with E-state index in [1.165, 1.54) is 29.6 Å². The maximum Gasteiger partial charge on any atom is 0.336 e. The van der Waals surface area contributed by atoms with E-state index in [9.17, 15) is 17.6 Å². The first-order valence-corrected chi connectivity index (χ1v) is 9.29. The smallest absolute Gasteiger partial charge is 0.336 e. The van der Waals surface area contributed by atoms with Crippen molar-refractivity contribution in [1.29, 1.82) is 0 Å². The molecule has 24 heavy (non-hydrogen) atoms. The average Bonchev–Trinajstić information content (AvgIpc) is 2.97. The molecule has 1 atom stereocenters. The number of carboxylic acid groups (broad SMARTS) is 1. The number of thiophene rings is 1. The van der Waals surface area contributed by atoms with E-state index in [2.05, 4.69) is 4.72 Å². The van der Waals surface area contributed by atoms with E-state index in [1.807, 2.05) is 0 Å². The fourth-order valence-corrected chi connectivity index (χ4v) is 4.47. The van der Waals surface area contributed by atoms with Crippen LogP contribution in [0.4, 0.5) is 4.39 Å². The monoisotopic (exact) mass is 372 g/mol. The van der Waals surface area contributed by atoms with Gasteiger partial charge < -0.3 is 10.0 Å². The Morgan fingerprint density at radius 2 is 1.96 bits per heavy atom. The molecule has 1 unspecified atom stereocenters. The number of rotatable bonds is 7. The molecule has 0 bridgehead atoms. The van der Waals surface area contributed by atoms with Crippen molar-refractivity contribution in [2.45, 2.75) is 10.3 Å². The van der Waals surface area contributed by atoms with Crippen LogP contribution in [0.1, 0.15) is 22.0 Å². The first-order valence-electron chi connectivity index (χ1n) is 6.93. The Morgan fingerprint density at radius 3 is 2.46 bits per heavy atom. The van der Waals surface area contributed by atoms with E-state index in [-0.39, 0.29) is 9.77 Å². The van der Waals surface area contributed by atoms with Crippen molar-refractivity contribution in [3.8, 4) is 0 Å². The summed E-state index contributed by atoms with van der Waals surface area (Å²) in [4.78, 5) is 12.7. The minimum absolute atomic E-state index is 0.0775. The molecule has 0 fully saturated rings. The third-order valence-electron chi connectivity index (χ3n) is 3.20. The Labute approximate surface area is 143 Å². The fourth-order valence-electron chi connectivity index (χ4n) is 2.09. The number of nitrogens with zero attached hydrogens (tertiary/aromatic N) is 1. The topological polar surface area (TPSA) is 86.7 Å². The number of nitrogens with one attached hydrogen (secondary N) is 1. The van der Waals surface area contributed by atoms with Gasteiger partial charge >= 0.3 is 5.97 Å². The van der Waals surface area contributed by atoms with E-state index in [1.54, 1.807) is 19.0 Å². The standard InChI is InChI=1S/C15H17FN2O4S2/c1-18(2)8-13(10-3-5-12(16)6-4-10)17-24(21,22)14-7-11(9-23-14)15(19)20/h3-7,9,13,17H,8H2,1-2H3,(H,19,20). The van der Waals surface area contributed by atoms with Crippen molar-refractivity contribution in [3.63, 3.8) is 0 Å². The van der Waals surface area contributed by atoms with Gasteiger partial charge in [-0.25, -0.2) is 22.3 Å². The molecule has 1 aromatic carbocycles. The molecule has 9 heteroatoms. The lowest BCUT2D eigenvalue weighted by Crippen LogP contribution is -2.35. The van der Waals surface area contributed by atoms with Crippen LogP contribution in [0.25, 0.3) is 0 Å². The van der Waals surface area contributed by atoms with Crippen LogP contribution in [0.5, 0.6) is 0 Å². The second-order valence-corrected chi connectivity index (χ2v) is 8.30. The highest BCUT2D eigenvalue weighted by Crippen LogP contribution is 2.23. The first kappa shape index (κ1) is 18.5. The molecule has 0 aliphatic carbocycles. The number of carbonyl (C=O) groups is 1. The second-order valence-electron chi connectivity index (χ2n) is 5.45. The van der Waals surface area contributed by atoms with Gasteiger partial charge in [-0.05, 0) is 37.9 Å². The molecule has 130 valence electrons. The maximum atomic E-state index is 13.1. The normalized spacial score (nSPS) is 13.2. The van der Waals surface area contributed by atoms with Gasteiger partial charge in [-0.3, -0.25) is 0 Å². The molecule has 0 amide bonds. The molecule has 6 nitrogen and oxygen atoms in total. The molecular formula is C15H17FN2O4S2. The predicted molar refractivity (Wildman–Crippen MR) is 89.3 cm³/mol. The third-order valence-corrected chi connectivity index (χ3v) is 6.12. The zero-order valence-corrected chi connectivity index (χ0v) is 14.7. The van der Waals surface area contributed by atoms with Crippen molar-refractivity contribution in [2.24, 2.45) is 0 Å². The van der Waals surface area contributed by atoms with E-state index in [0.29, 0.717) is 12.1 Å². The molecule has 0 radical (unpaired) electrons. The maximum absolute atomic E-state index is 13.1. The van der Waals surface area contributed by atoms with Crippen LogP contribution < -0.4 is 4.72 Å². The van der Waals surface area contributed by atoms with Gasteiger partial charge in [0.1, 0.15) is 10.0 Å². The highest BCUT2D eigenvalue weighted by Gasteiger charge is 2.24. The Bertz CT molecular complexity index is 816. The van der Waals surface area contributed by atoms with Crippen LogP contribution in [-0.2, 0) is 10.0 Å². The largest absolute Gasteiger partial charge is 0.478 e. The summed E-state index contributed by atoms with van der Waals surface area (Å²) in [6.07, 6.45) is 0. The molecule has 0 aliphatic rings. The van der Waals surface area contributed by atoms with Gasteiger partial charge in [-0.15, -0.1) is 11.3 Å². The summed E-state index contributed by atoms with van der Waals surface area (Å²) < 4.78 is 40.6. The lowest BCUT2D eigenvalue weighted by Gasteiger charge is -2.22. The van der Waals surface area contributed by atoms with Gasteiger partial charge in [0.25, 0.3) is 10.0 Å².